The van der Waals surface area contributed by atoms with E-state index in [9.17, 15) is 0 Å². The molecule has 0 aromatic carbocycles. The molecule has 1 aliphatic rings. The fourth-order valence-electron chi connectivity index (χ4n) is 1.07. The second-order valence-electron chi connectivity index (χ2n) is 2.50. The summed E-state index contributed by atoms with van der Waals surface area (Å²) in [5, 5.41) is 0. The van der Waals surface area contributed by atoms with Crippen molar-refractivity contribution in [2.45, 2.75) is 32.3 Å². The van der Waals surface area contributed by atoms with Crippen LogP contribution in [0.5, 0.6) is 0 Å². The van der Waals surface area contributed by atoms with Crippen molar-refractivity contribution >= 4 is 0 Å². The third-order valence-corrected chi connectivity index (χ3v) is 1.60. The van der Waals surface area contributed by atoms with E-state index in [2.05, 4.69) is 12.2 Å². The van der Waals surface area contributed by atoms with Gasteiger partial charge in [0.05, 0.1) is 6.26 Å². The molecule has 0 heterocycles. The van der Waals surface area contributed by atoms with Gasteiger partial charge in [-0.2, -0.15) is 0 Å². The molecular formula is C9H14O. The van der Waals surface area contributed by atoms with Crippen LogP contribution in [0.3, 0.4) is 0 Å². The van der Waals surface area contributed by atoms with Gasteiger partial charge in [0, 0.05) is 0 Å². The first-order valence-corrected chi connectivity index (χ1v) is 3.87. The quantitative estimate of drug-likeness (QED) is 0.421. The minimum Gasteiger partial charge on any atom is -0.494 e. The summed E-state index contributed by atoms with van der Waals surface area (Å²) in [6.07, 6.45) is 12.0. The van der Waals surface area contributed by atoms with Crippen molar-refractivity contribution in [3.63, 3.8) is 0 Å². The Bertz CT molecular complexity index is 136. The van der Waals surface area contributed by atoms with Gasteiger partial charge in [0.15, 0.2) is 0 Å². The molecule has 1 heteroatoms. The molecule has 0 amide bonds. The Hall–Kier alpha value is -0.720. The predicted octanol–water partition coefficient (Wildman–Crippen LogP) is 2.65. The van der Waals surface area contributed by atoms with Crippen molar-refractivity contribution in [3.8, 4) is 0 Å². The van der Waals surface area contributed by atoms with Gasteiger partial charge >= 0.3 is 0 Å². The van der Waals surface area contributed by atoms with Crippen molar-refractivity contribution in [1.29, 1.82) is 0 Å². The number of rotatable bonds is 2. The molecule has 0 N–H and O–H groups in total. The summed E-state index contributed by atoms with van der Waals surface area (Å²) in [5.74, 6) is 0. The number of hydrogen-bond donors (Lipinski definition) is 0. The monoisotopic (exact) mass is 138 g/mol. The molecule has 0 bridgehead atoms. The minimum atomic E-state index is 0.338. The maximum atomic E-state index is 5.36. The summed E-state index contributed by atoms with van der Waals surface area (Å²) < 4.78 is 5.36. The highest BCUT2D eigenvalue weighted by atomic mass is 16.5. The lowest BCUT2D eigenvalue weighted by Crippen LogP contribution is -2.08. The van der Waals surface area contributed by atoms with Crippen LogP contribution in [0, 0.1) is 0 Å². The van der Waals surface area contributed by atoms with Gasteiger partial charge in [0.25, 0.3) is 0 Å². The van der Waals surface area contributed by atoms with Gasteiger partial charge in [-0.15, -0.1) is 0 Å². The second-order valence-corrected chi connectivity index (χ2v) is 2.50. The fourth-order valence-corrected chi connectivity index (χ4v) is 1.07. The summed E-state index contributed by atoms with van der Waals surface area (Å²) in [6.45, 7) is 1.96. The van der Waals surface area contributed by atoms with Crippen LogP contribution in [-0.4, -0.2) is 6.10 Å². The number of hydrogen-bond acceptors (Lipinski definition) is 1. The van der Waals surface area contributed by atoms with Crippen molar-refractivity contribution in [2.75, 3.05) is 0 Å². The van der Waals surface area contributed by atoms with E-state index in [-0.39, 0.29) is 0 Å². The van der Waals surface area contributed by atoms with Crippen LogP contribution >= 0.6 is 0 Å². The zero-order chi connectivity index (χ0) is 7.23. The smallest absolute Gasteiger partial charge is 0.116 e. The highest BCUT2D eigenvalue weighted by Crippen LogP contribution is 2.13. The van der Waals surface area contributed by atoms with Crippen LogP contribution in [-0.2, 0) is 4.74 Å². The average Bonchev–Trinajstić information content (AvgIpc) is 2.03. The third-order valence-electron chi connectivity index (χ3n) is 1.60. The predicted molar refractivity (Wildman–Crippen MR) is 42.7 cm³/mol. The van der Waals surface area contributed by atoms with E-state index in [1.807, 2.05) is 13.0 Å². The fraction of sp³-hybridized carbons (Fsp3) is 0.556. The molecule has 0 radical (unpaired) electrons. The maximum absolute atomic E-state index is 5.36. The second kappa shape index (κ2) is 4.15. The van der Waals surface area contributed by atoms with Gasteiger partial charge < -0.3 is 4.74 Å². The summed E-state index contributed by atoms with van der Waals surface area (Å²) in [7, 11) is 0. The first-order valence-electron chi connectivity index (χ1n) is 3.87. The van der Waals surface area contributed by atoms with Crippen LogP contribution in [0.15, 0.2) is 24.5 Å². The van der Waals surface area contributed by atoms with E-state index in [4.69, 9.17) is 4.74 Å². The largest absolute Gasteiger partial charge is 0.494 e. The number of ether oxygens (including phenoxy) is 1. The maximum Gasteiger partial charge on any atom is 0.116 e. The molecule has 0 spiro atoms. The lowest BCUT2D eigenvalue weighted by molar-refractivity contribution is 0.170. The first kappa shape index (κ1) is 7.39. The minimum absolute atomic E-state index is 0.338. The summed E-state index contributed by atoms with van der Waals surface area (Å²) in [4.78, 5) is 0. The molecule has 0 saturated carbocycles. The molecule has 0 aromatic rings. The molecule has 0 aromatic heterocycles. The topological polar surface area (TPSA) is 9.23 Å². The Morgan fingerprint density at radius 3 is 3.10 bits per heavy atom. The molecule has 0 saturated heterocycles. The van der Waals surface area contributed by atoms with Crippen molar-refractivity contribution in [3.05, 3.63) is 24.5 Å². The van der Waals surface area contributed by atoms with Gasteiger partial charge in [-0.3, -0.25) is 0 Å². The molecule has 1 aliphatic carbocycles. The Kier molecular flexibility index (Phi) is 3.07. The lowest BCUT2D eigenvalue weighted by Gasteiger charge is -2.14. The zero-order valence-corrected chi connectivity index (χ0v) is 6.42. The molecule has 1 nitrogen and oxygen atoms in total. The van der Waals surface area contributed by atoms with Crippen LogP contribution in [0.1, 0.15) is 26.2 Å². The Balaban J connectivity index is 2.26. The van der Waals surface area contributed by atoms with E-state index >= 15 is 0 Å². The molecule has 0 fully saturated rings. The van der Waals surface area contributed by atoms with Gasteiger partial charge in [0.1, 0.15) is 6.10 Å². The first-order chi connectivity index (χ1) is 4.93. The average molecular weight is 138 g/mol. The van der Waals surface area contributed by atoms with Gasteiger partial charge in [-0.25, -0.2) is 0 Å². The van der Waals surface area contributed by atoms with Crippen molar-refractivity contribution in [1.82, 2.24) is 0 Å². The van der Waals surface area contributed by atoms with Crippen molar-refractivity contribution < 1.29 is 4.74 Å². The van der Waals surface area contributed by atoms with Crippen molar-refractivity contribution in [2.24, 2.45) is 0 Å². The van der Waals surface area contributed by atoms with Crippen LogP contribution < -0.4 is 0 Å². The Morgan fingerprint density at radius 1 is 1.60 bits per heavy atom. The molecule has 10 heavy (non-hydrogen) atoms. The van der Waals surface area contributed by atoms with Crippen LogP contribution in [0.2, 0.25) is 0 Å². The lowest BCUT2D eigenvalue weighted by atomic mass is 10.1. The van der Waals surface area contributed by atoms with Gasteiger partial charge in [0.2, 0.25) is 0 Å². The molecule has 56 valence electrons. The van der Waals surface area contributed by atoms with Gasteiger partial charge in [-0.1, -0.05) is 12.2 Å². The highest BCUT2D eigenvalue weighted by molar-refractivity contribution is 4.95. The SMILES string of the molecule is C/C=C/OC1C=CCCC1. The van der Waals surface area contributed by atoms with Crippen LogP contribution in [0.25, 0.3) is 0 Å². The van der Waals surface area contributed by atoms with E-state index in [0.29, 0.717) is 6.10 Å². The summed E-state index contributed by atoms with van der Waals surface area (Å²) in [5.41, 5.74) is 0. The molecule has 1 unspecified atom stereocenters. The van der Waals surface area contributed by atoms with E-state index < -0.39 is 0 Å². The van der Waals surface area contributed by atoms with Crippen LogP contribution in [0.4, 0.5) is 0 Å². The molecular weight excluding hydrogens is 124 g/mol. The molecule has 1 rings (SSSR count). The summed E-state index contributed by atoms with van der Waals surface area (Å²) >= 11 is 0. The normalized spacial score (nSPS) is 25.5. The standard InChI is InChI=1S/C9H14O/c1-2-8-10-9-6-4-3-5-7-9/h2,4,6,8-9H,3,5,7H2,1H3/b8-2+. The summed E-state index contributed by atoms with van der Waals surface area (Å²) in [6, 6.07) is 0. The van der Waals surface area contributed by atoms with E-state index in [0.717, 1.165) is 0 Å². The Morgan fingerprint density at radius 2 is 2.50 bits per heavy atom. The Labute approximate surface area is 62.4 Å². The zero-order valence-electron chi connectivity index (χ0n) is 6.42. The molecule has 1 atom stereocenters. The van der Waals surface area contributed by atoms with E-state index in [1.165, 1.54) is 19.3 Å². The molecule has 0 aliphatic heterocycles. The number of allylic oxidation sites excluding steroid dienone is 2. The third kappa shape index (κ3) is 2.26. The van der Waals surface area contributed by atoms with Gasteiger partial charge in [-0.05, 0) is 32.3 Å². The van der Waals surface area contributed by atoms with E-state index in [1.54, 1.807) is 6.26 Å². The highest BCUT2D eigenvalue weighted by Gasteiger charge is 2.05.